The summed E-state index contributed by atoms with van der Waals surface area (Å²) in [6.45, 7) is 0.202. The Labute approximate surface area is 133 Å². The number of hydrogen-bond donors (Lipinski definition) is 2. The van der Waals surface area contributed by atoms with Crippen LogP contribution in [-0.2, 0) is 6.73 Å². The SMILES string of the molecule is O=C(Nc1ccccc1O)c1ccn(COc2ccccc2)n1. The fourth-order valence-electron chi connectivity index (χ4n) is 1.98. The molecule has 0 radical (unpaired) electrons. The van der Waals surface area contributed by atoms with Gasteiger partial charge in [0.2, 0.25) is 0 Å². The standard InChI is InChI=1S/C17H15N3O3/c21-16-9-5-4-8-14(16)18-17(22)15-10-11-20(19-15)12-23-13-6-2-1-3-7-13/h1-11,21H,12H2,(H,18,22). The van der Waals surface area contributed by atoms with Gasteiger partial charge in [0.1, 0.15) is 11.5 Å². The van der Waals surface area contributed by atoms with Crippen LogP contribution >= 0.6 is 0 Å². The van der Waals surface area contributed by atoms with E-state index in [0.29, 0.717) is 5.69 Å². The molecule has 1 aromatic heterocycles. The number of hydrogen-bond acceptors (Lipinski definition) is 4. The van der Waals surface area contributed by atoms with Crippen LogP contribution in [-0.4, -0.2) is 20.8 Å². The number of phenolic OH excluding ortho intramolecular Hbond substituents is 1. The highest BCUT2D eigenvalue weighted by Crippen LogP contribution is 2.21. The van der Waals surface area contributed by atoms with E-state index < -0.39 is 5.91 Å². The number of nitrogens with one attached hydrogen (secondary N) is 1. The van der Waals surface area contributed by atoms with Crippen molar-refractivity contribution in [2.24, 2.45) is 0 Å². The van der Waals surface area contributed by atoms with Crippen molar-refractivity contribution in [3.05, 3.63) is 72.6 Å². The Morgan fingerprint density at radius 3 is 2.61 bits per heavy atom. The zero-order chi connectivity index (χ0) is 16.1. The molecule has 6 heteroatoms. The summed E-state index contributed by atoms with van der Waals surface area (Å²) in [7, 11) is 0. The minimum atomic E-state index is -0.398. The third-order valence-corrected chi connectivity index (χ3v) is 3.13. The molecule has 3 rings (SSSR count). The predicted molar refractivity (Wildman–Crippen MR) is 85.4 cm³/mol. The molecule has 1 amide bonds. The van der Waals surface area contributed by atoms with Gasteiger partial charge in [0, 0.05) is 6.20 Å². The van der Waals surface area contributed by atoms with Crippen LogP contribution in [0, 0.1) is 0 Å². The van der Waals surface area contributed by atoms with E-state index in [1.165, 1.54) is 10.7 Å². The van der Waals surface area contributed by atoms with Gasteiger partial charge in [-0.2, -0.15) is 5.10 Å². The van der Waals surface area contributed by atoms with Crippen LogP contribution in [0.4, 0.5) is 5.69 Å². The highest BCUT2D eigenvalue weighted by atomic mass is 16.5. The summed E-state index contributed by atoms with van der Waals surface area (Å²) in [5.74, 6) is 0.334. The second-order valence-corrected chi connectivity index (χ2v) is 4.80. The smallest absolute Gasteiger partial charge is 0.276 e. The maximum atomic E-state index is 12.1. The number of anilines is 1. The number of carbonyl (C=O) groups excluding carboxylic acids is 1. The molecule has 0 aliphatic heterocycles. The Kier molecular flexibility index (Phi) is 4.24. The molecule has 0 saturated carbocycles. The zero-order valence-corrected chi connectivity index (χ0v) is 12.2. The summed E-state index contributed by atoms with van der Waals surface area (Å²) < 4.78 is 7.07. The van der Waals surface area contributed by atoms with Gasteiger partial charge in [-0.05, 0) is 30.3 Å². The number of para-hydroxylation sites is 3. The maximum absolute atomic E-state index is 12.1. The lowest BCUT2D eigenvalue weighted by Crippen LogP contribution is -2.14. The number of amides is 1. The normalized spacial score (nSPS) is 10.3. The van der Waals surface area contributed by atoms with Gasteiger partial charge in [0.15, 0.2) is 12.4 Å². The van der Waals surface area contributed by atoms with E-state index >= 15 is 0 Å². The Bertz CT molecular complexity index is 800. The van der Waals surface area contributed by atoms with E-state index in [9.17, 15) is 9.90 Å². The second kappa shape index (κ2) is 6.65. The second-order valence-electron chi connectivity index (χ2n) is 4.80. The summed E-state index contributed by atoms with van der Waals surface area (Å²) in [5, 5.41) is 16.4. The summed E-state index contributed by atoms with van der Waals surface area (Å²) in [5.41, 5.74) is 0.581. The summed E-state index contributed by atoms with van der Waals surface area (Å²) in [4.78, 5) is 12.1. The van der Waals surface area contributed by atoms with Crippen LogP contribution in [0.3, 0.4) is 0 Å². The predicted octanol–water partition coefficient (Wildman–Crippen LogP) is 2.88. The van der Waals surface area contributed by atoms with Gasteiger partial charge >= 0.3 is 0 Å². The van der Waals surface area contributed by atoms with Crippen LogP contribution < -0.4 is 10.1 Å². The quantitative estimate of drug-likeness (QED) is 0.711. The van der Waals surface area contributed by atoms with Gasteiger partial charge in [-0.3, -0.25) is 4.79 Å². The average molecular weight is 309 g/mol. The van der Waals surface area contributed by atoms with Gasteiger partial charge in [0.05, 0.1) is 5.69 Å². The number of phenols is 1. The van der Waals surface area contributed by atoms with E-state index in [2.05, 4.69) is 10.4 Å². The molecule has 3 aromatic rings. The van der Waals surface area contributed by atoms with Gasteiger partial charge < -0.3 is 15.2 Å². The molecule has 0 fully saturated rings. The first-order chi connectivity index (χ1) is 11.2. The molecular formula is C17H15N3O3. The third-order valence-electron chi connectivity index (χ3n) is 3.13. The monoisotopic (exact) mass is 309 g/mol. The highest BCUT2D eigenvalue weighted by molar-refractivity contribution is 6.03. The van der Waals surface area contributed by atoms with Crippen molar-refractivity contribution in [2.45, 2.75) is 6.73 Å². The lowest BCUT2D eigenvalue weighted by molar-refractivity contribution is 0.102. The van der Waals surface area contributed by atoms with Gasteiger partial charge in [-0.15, -0.1) is 0 Å². The van der Waals surface area contributed by atoms with Crippen LogP contribution in [0.25, 0.3) is 0 Å². The lowest BCUT2D eigenvalue weighted by atomic mass is 10.3. The van der Waals surface area contributed by atoms with E-state index in [1.807, 2.05) is 30.3 Å². The first kappa shape index (κ1) is 14.6. The van der Waals surface area contributed by atoms with Crippen LogP contribution in [0.15, 0.2) is 66.9 Å². The molecule has 0 aliphatic carbocycles. The maximum Gasteiger partial charge on any atom is 0.276 e. The number of rotatable bonds is 5. The Balaban J connectivity index is 1.62. The van der Waals surface area contributed by atoms with E-state index in [0.717, 1.165) is 5.75 Å². The Hall–Kier alpha value is -3.28. The van der Waals surface area contributed by atoms with E-state index in [4.69, 9.17) is 4.74 Å². The van der Waals surface area contributed by atoms with Gasteiger partial charge in [-0.25, -0.2) is 4.68 Å². The minimum Gasteiger partial charge on any atom is -0.506 e. The lowest BCUT2D eigenvalue weighted by Gasteiger charge is -2.06. The van der Waals surface area contributed by atoms with Crippen molar-refractivity contribution >= 4 is 11.6 Å². The molecule has 23 heavy (non-hydrogen) atoms. The van der Waals surface area contributed by atoms with Crippen molar-refractivity contribution in [1.29, 1.82) is 0 Å². The fourth-order valence-corrected chi connectivity index (χ4v) is 1.98. The third kappa shape index (κ3) is 3.68. The van der Waals surface area contributed by atoms with Crippen molar-refractivity contribution in [2.75, 3.05) is 5.32 Å². The molecule has 0 bridgehead atoms. The van der Waals surface area contributed by atoms with Gasteiger partial charge in [0.25, 0.3) is 5.91 Å². The average Bonchev–Trinajstić information content (AvgIpc) is 3.05. The molecule has 0 spiro atoms. The number of aromatic hydroxyl groups is 1. The molecule has 0 saturated heterocycles. The minimum absolute atomic E-state index is 0.00712. The van der Waals surface area contributed by atoms with Crippen molar-refractivity contribution in [3.63, 3.8) is 0 Å². The molecule has 0 atom stereocenters. The van der Waals surface area contributed by atoms with E-state index in [1.54, 1.807) is 30.5 Å². The number of carbonyl (C=O) groups is 1. The largest absolute Gasteiger partial charge is 0.506 e. The van der Waals surface area contributed by atoms with Crippen LogP contribution in [0.5, 0.6) is 11.5 Å². The number of nitrogens with zero attached hydrogens (tertiary/aromatic N) is 2. The van der Waals surface area contributed by atoms with Crippen molar-refractivity contribution < 1.29 is 14.6 Å². The van der Waals surface area contributed by atoms with Crippen LogP contribution in [0.1, 0.15) is 10.5 Å². The van der Waals surface area contributed by atoms with E-state index in [-0.39, 0.29) is 18.2 Å². The molecular weight excluding hydrogens is 294 g/mol. The number of ether oxygens (including phenoxy) is 1. The highest BCUT2D eigenvalue weighted by Gasteiger charge is 2.11. The Morgan fingerprint density at radius 1 is 1.09 bits per heavy atom. The summed E-state index contributed by atoms with van der Waals surface area (Å²) in [6, 6.07) is 17.5. The summed E-state index contributed by atoms with van der Waals surface area (Å²) in [6.07, 6.45) is 1.66. The van der Waals surface area contributed by atoms with Crippen molar-refractivity contribution in [3.8, 4) is 11.5 Å². The van der Waals surface area contributed by atoms with Crippen LogP contribution in [0.2, 0.25) is 0 Å². The fraction of sp³-hybridized carbons (Fsp3) is 0.0588. The molecule has 1 heterocycles. The summed E-state index contributed by atoms with van der Waals surface area (Å²) >= 11 is 0. The molecule has 0 aliphatic rings. The molecule has 2 aromatic carbocycles. The molecule has 6 nitrogen and oxygen atoms in total. The molecule has 2 N–H and O–H groups in total. The number of aromatic nitrogens is 2. The molecule has 116 valence electrons. The first-order valence-electron chi connectivity index (χ1n) is 7.03. The zero-order valence-electron chi connectivity index (χ0n) is 12.2. The topological polar surface area (TPSA) is 76.4 Å². The molecule has 0 unspecified atom stereocenters. The number of benzene rings is 2. The first-order valence-corrected chi connectivity index (χ1v) is 7.03. The van der Waals surface area contributed by atoms with Gasteiger partial charge in [-0.1, -0.05) is 30.3 Å². The van der Waals surface area contributed by atoms with Crippen molar-refractivity contribution in [1.82, 2.24) is 9.78 Å². The Morgan fingerprint density at radius 2 is 1.83 bits per heavy atom.